The summed E-state index contributed by atoms with van der Waals surface area (Å²) in [5.41, 5.74) is 0. The summed E-state index contributed by atoms with van der Waals surface area (Å²) in [4.78, 5) is 0. The van der Waals surface area contributed by atoms with Crippen LogP contribution in [0.4, 0.5) is 0 Å². The lowest BCUT2D eigenvalue weighted by molar-refractivity contribution is -0.383. The van der Waals surface area contributed by atoms with Crippen molar-refractivity contribution < 1.29 is 29.5 Å². The topological polar surface area (TPSA) is 88.4 Å². The lowest BCUT2D eigenvalue weighted by atomic mass is 10.3. The molecular weight excluding hydrogens is 168 g/mol. The number of hydrogen-bond donors (Lipinski definition) is 3. The number of methoxy groups -OCH3 is 1. The van der Waals surface area contributed by atoms with Crippen molar-refractivity contribution >= 4 is 0 Å². The van der Waals surface area contributed by atoms with E-state index in [4.69, 9.17) is 20.1 Å². The maximum absolute atomic E-state index is 9.04. The molecule has 0 aromatic carbocycles. The summed E-state index contributed by atoms with van der Waals surface area (Å²) >= 11 is 0. The molecule has 2 unspecified atom stereocenters. The molecule has 3 N–H and O–H groups in total. The number of aliphatic hydroxyl groups is 3. The van der Waals surface area contributed by atoms with Crippen LogP contribution in [0.1, 0.15) is 0 Å². The van der Waals surface area contributed by atoms with Crippen molar-refractivity contribution in [2.45, 2.75) is 25.0 Å². The number of rotatable bonds is 2. The van der Waals surface area contributed by atoms with Gasteiger partial charge in [-0.2, -0.15) is 0 Å². The van der Waals surface area contributed by atoms with Crippen molar-refractivity contribution in [3.63, 3.8) is 0 Å². The molecule has 72 valence electrons. The second kappa shape index (κ2) is 4.13. The first-order valence-corrected chi connectivity index (χ1v) is 3.49. The molecule has 0 amide bonds. The molecule has 4 atom stereocenters. The lowest BCUT2D eigenvalue weighted by Gasteiger charge is -2.35. The molecular formula is C6H12O6. The van der Waals surface area contributed by atoms with Crippen LogP contribution in [0.5, 0.6) is 0 Å². The number of hydrogen-bond acceptors (Lipinski definition) is 6. The lowest BCUT2D eigenvalue weighted by Crippen LogP contribution is -2.51. The third kappa shape index (κ3) is 1.92. The summed E-state index contributed by atoms with van der Waals surface area (Å²) in [5.74, 6) is 0. The summed E-state index contributed by atoms with van der Waals surface area (Å²) in [5, 5.41) is 26.7. The van der Waals surface area contributed by atoms with Crippen molar-refractivity contribution in [2.75, 3.05) is 13.7 Å². The quantitative estimate of drug-likeness (QED) is 0.455. The Bertz CT molecular complexity index is 126. The average Bonchev–Trinajstić information content (AvgIpc) is 2.05. The zero-order chi connectivity index (χ0) is 9.14. The maximum Gasteiger partial charge on any atom is 0.209 e. The van der Waals surface area contributed by atoms with Gasteiger partial charge in [0.15, 0.2) is 6.29 Å². The summed E-state index contributed by atoms with van der Waals surface area (Å²) in [6, 6.07) is 0. The van der Waals surface area contributed by atoms with Gasteiger partial charge in [-0.25, -0.2) is 0 Å². The zero-order valence-electron chi connectivity index (χ0n) is 6.58. The molecule has 1 heterocycles. The Balaban J connectivity index is 2.50. The Morgan fingerprint density at radius 3 is 2.42 bits per heavy atom. The van der Waals surface area contributed by atoms with Gasteiger partial charge in [-0.15, -0.1) is 0 Å². The molecule has 0 aromatic heterocycles. The van der Waals surface area contributed by atoms with Gasteiger partial charge in [0, 0.05) is 7.11 Å². The SMILES string of the molecule is CO[C@@H]1OC(CO)[C@H](O)OC1O. The summed E-state index contributed by atoms with van der Waals surface area (Å²) in [7, 11) is 1.32. The van der Waals surface area contributed by atoms with Crippen LogP contribution in [0.25, 0.3) is 0 Å². The van der Waals surface area contributed by atoms with Crippen LogP contribution in [0, 0.1) is 0 Å². The van der Waals surface area contributed by atoms with Gasteiger partial charge in [-0.3, -0.25) is 0 Å². The van der Waals surface area contributed by atoms with Crippen molar-refractivity contribution in [1.82, 2.24) is 0 Å². The first kappa shape index (κ1) is 9.85. The van der Waals surface area contributed by atoms with Gasteiger partial charge < -0.3 is 29.5 Å². The van der Waals surface area contributed by atoms with Gasteiger partial charge in [0.05, 0.1) is 6.61 Å². The molecule has 6 nitrogen and oxygen atoms in total. The maximum atomic E-state index is 9.04. The van der Waals surface area contributed by atoms with Gasteiger partial charge >= 0.3 is 0 Å². The Labute approximate surface area is 69.3 Å². The van der Waals surface area contributed by atoms with Crippen LogP contribution >= 0.6 is 0 Å². The fraction of sp³-hybridized carbons (Fsp3) is 1.00. The normalized spacial score (nSPS) is 43.0. The van der Waals surface area contributed by atoms with E-state index in [1.165, 1.54) is 7.11 Å². The predicted molar refractivity (Wildman–Crippen MR) is 35.9 cm³/mol. The molecule has 1 rings (SSSR count). The molecule has 1 aliphatic heterocycles. The Morgan fingerprint density at radius 2 is 1.92 bits per heavy atom. The predicted octanol–water partition coefficient (Wildman–Crippen LogP) is -2.00. The summed E-state index contributed by atoms with van der Waals surface area (Å²) in [6.45, 7) is -0.395. The van der Waals surface area contributed by atoms with E-state index in [9.17, 15) is 0 Å². The summed E-state index contributed by atoms with van der Waals surface area (Å²) < 4.78 is 14.2. The van der Waals surface area contributed by atoms with Crippen LogP contribution in [-0.4, -0.2) is 54.0 Å². The first-order chi connectivity index (χ1) is 5.69. The molecule has 0 spiro atoms. The molecule has 1 saturated heterocycles. The molecule has 0 radical (unpaired) electrons. The van der Waals surface area contributed by atoms with E-state index < -0.39 is 31.6 Å². The van der Waals surface area contributed by atoms with E-state index in [1.807, 2.05) is 0 Å². The van der Waals surface area contributed by atoms with Crippen molar-refractivity contribution in [3.8, 4) is 0 Å². The van der Waals surface area contributed by atoms with Crippen molar-refractivity contribution in [1.29, 1.82) is 0 Å². The largest absolute Gasteiger partial charge is 0.393 e. The zero-order valence-corrected chi connectivity index (χ0v) is 6.58. The van der Waals surface area contributed by atoms with Gasteiger partial charge in [0.25, 0.3) is 0 Å². The molecule has 0 saturated carbocycles. The highest BCUT2D eigenvalue weighted by molar-refractivity contribution is 4.67. The van der Waals surface area contributed by atoms with Gasteiger partial charge in [0.1, 0.15) is 6.10 Å². The van der Waals surface area contributed by atoms with Crippen molar-refractivity contribution in [3.05, 3.63) is 0 Å². The standard InChI is InChI=1S/C6H12O6/c1-10-6-5(9)12-4(8)3(2-7)11-6/h3-9H,2H2,1H3/t3?,4-,5?,6-/m1/s1. The molecule has 0 aromatic rings. The molecule has 12 heavy (non-hydrogen) atoms. The fourth-order valence-electron chi connectivity index (χ4n) is 0.907. The van der Waals surface area contributed by atoms with Crippen LogP contribution in [0.2, 0.25) is 0 Å². The van der Waals surface area contributed by atoms with Crippen molar-refractivity contribution in [2.24, 2.45) is 0 Å². The number of aliphatic hydroxyl groups excluding tert-OH is 3. The molecule has 6 heteroatoms. The minimum Gasteiger partial charge on any atom is -0.393 e. The highest BCUT2D eigenvalue weighted by atomic mass is 16.8. The Morgan fingerprint density at radius 1 is 1.25 bits per heavy atom. The second-order valence-corrected chi connectivity index (χ2v) is 2.38. The fourth-order valence-corrected chi connectivity index (χ4v) is 0.907. The molecule has 0 bridgehead atoms. The molecule has 0 aliphatic carbocycles. The van der Waals surface area contributed by atoms with Crippen LogP contribution < -0.4 is 0 Å². The highest BCUT2D eigenvalue weighted by Crippen LogP contribution is 2.17. The molecule has 1 aliphatic rings. The first-order valence-electron chi connectivity index (χ1n) is 3.49. The van der Waals surface area contributed by atoms with E-state index in [2.05, 4.69) is 9.47 Å². The molecule has 1 fully saturated rings. The Hall–Kier alpha value is -0.240. The highest BCUT2D eigenvalue weighted by Gasteiger charge is 2.36. The monoisotopic (exact) mass is 180 g/mol. The third-order valence-corrected chi connectivity index (χ3v) is 1.55. The minimum atomic E-state index is -1.33. The second-order valence-electron chi connectivity index (χ2n) is 2.38. The Kier molecular flexibility index (Phi) is 3.39. The third-order valence-electron chi connectivity index (χ3n) is 1.55. The minimum absolute atomic E-state index is 0.395. The van der Waals surface area contributed by atoms with Crippen LogP contribution in [0.3, 0.4) is 0 Å². The van der Waals surface area contributed by atoms with E-state index >= 15 is 0 Å². The average molecular weight is 180 g/mol. The summed E-state index contributed by atoms with van der Waals surface area (Å²) in [6.07, 6.45) is -4.49. The van der Waals surface area contributed by atoms with Gasteiger partial charge in [-0.05, 0) is 0 Å². The van der Waals surface area contributed by atoms with Crippen LogP contribution in [-0.2, 0) is 14.2 Å². The smallest absolute Gasteiger partial charge is 0.209 e. The van der Waals surface area contributed by atoms with E-state index in [0.717, 1.165) is 0 Å². The van der Waals surface area contributed by atoms with E-state index in [1.54, 1.807) is 0 Å². The van der Waals surface area contributed by atoms with E-state index in [-0.39, 0.29) is 0 Å². The number of ether oxygens (including phenoxy) is 3. The van der Waals surface area contributed by atoms with E-state index in [0.29, 0.717) is 0 Å². The van der Waals surface area contributed by atoms with Crippen LogP contribution in [0.15, 0.2) is 0 Å². The van der Waals surface area contributed by atoms with Gasteiger partial charge in [0.2, 0.25) is 12.6 Å². The van der Waals surface area contributed by atoms with Gasteiger partial charge in [-0.1, -0.05) is 0 Å².